The smallest absolute Gasteiger partial charge is 0.323 e. The summed E-state index contributed by atoms with van der Waals surface area (Å²) in [6.45, 7) is 1.88. The molecule has 0 bridgehead atoms. The number of carboxylic acids is 1. The van der Waals surface area contributed by atoms with Gasteiger partial charge in [-0.3, -0.25) is 14.4 Å². The molecule has 45 heavy (non-hydrogen) atoms. The molecule has 0 aliphatic heterocycles. The average molecular weight is 610 g/mol. The van der Waals surface area contributed by atoms with Gasteiger partial charge in [0.05, 0.1) is 32.3 Å². The zero-order chi connectivity index (χ0) is 32.2. The second kappa shape index (κ2) is 15.8. The fraction of sp³-hybridized carbons (Fsp3) is 0.206. The van der Waals surface area contributed by atoms with Crippen LogP contribution in [0.15, 0.2) is 91.1 Å². The minimum Gasteiger partial charge on any atom is -0.495 e. The van der Waals surface area contributed by atoms with Crippen molar-refractivity contribution in [2.75, 3.05) is 36.1 Å². The Morgan fingerprint density at radius 2 is 1.60 bits per heavy atom. The molecule has 11 nitrogen and oxygen atoms in total. The number of benzene rings is 3. The van der Waals surface area contributed by atoms with Crippen LogP contribution < -0.4 is 26.0 Å². The third-order valence-electron chi connectivity index (χ3n) is 6.95. The number of nitrogens with one attached hydrogen (secondary N) is 4. The summed E-state index contributed by atoms with van der Waals surface area (Å²) in [5.74, 6) is -0.411. The molecule has 4 rings (SSSR count). The third kappa shape index (κ3) is 9.73. The molecule has 0 aliphatic carbocycles. The number of aryl methyl sites for hydroxylation is 1. The molecule has 0 fully saturated rings. The van der Waals surface area contributed by atoms with Gasteiger partial charge in [-0.2, -0.15) is 0 Å². The van der Waals surface area contributed by atoms with Gasteiger partial charge < -0.3 is 31.1 Å². The average Bonchev–Trinajstić information content (AvgIpc) is 3.04. The van der Waals surface area contributed by atoms with Gasteiger partial charge in [-0.15, -0.1) is 0 Å². The number of amides is 2. The molecule has 3 aromatic carbocycles. The lowest BCUT2D eigenvalue weighted by Crippen LogP contribution is -2.29. The van der Waals surface area contributed by atoms with Crippen LogP contribution in [0.1, 0.15) is 39.5 Å². The number of urea groups is 1. The predicted molar refractivity (Wildman–Crippen MR) is 172 cm³/mol. The maximum atomic E-state index is 12.7. The lowest BCUT2D eigenvalue weighted by Gasteiger charge is -2.17. The van der Waals surface area contributed by atoms with E-state index in [0.29, 0.717) is 39.6 Å². The number of pyridine rings is 1. The maximum absolute atomic E-state index is 12.7. The molecule has 1 heterocycles. The van der Waals surface area contributed by atoms with Gasteiger partial charge in [-0.05, 0) is 47.9 Å². The number of ether oxygens (including phenoxy) is 1. The topological polar surface area (TPSA) is 159 Å². The van der Waals surface area contributed by atoms with E-state index in [1.54, 1.807) is 54.6 Å². The molecule has 1 unspecified atom stereocenters. The number of ketones is 2. The summed E-state index contributed by atoms with van der Waals surface area (Å²) >= 11 is 0. The Labute approximate surface area is 261 Å². The zero-order valence-corrected chi connectivity index (χ0v) is 25.0. The zero-order valence-electron chi connectivity index (χ0n) is 25.0. The van der Waals surface area contributed by atoms with Crippen LogP contribution >= 0.6 is 0 Å². The second-order valence-electron chi connectivity index (χ2n) is 10.3. The van der Waals surface area contributed by atoms with E-state index in [9.17, 15) is 24.3 Å². The van der Waals surface area contributed by atoms with Gasteiger partial charge in [0.1, 0.15) is 11.6 Å². The highest BCUT2D eigenvalue weighted by Gasteiger charge is 2.18. The first-order valence-corrected chi connectivity index (χ1v) is 14.3. The molecule has 5 N–H and O–H groups in total. The Morgan fingerprint density at radius 3 is 2.29 bits per heavy atom. The predicted octanol–water partition coefficient (Wildman–Crippen LogP) is 5.25. The summed E-state index contributed by atoms with van der Waals surface area (Å²) in [7, 11) is 1.49. The van der Waals surface area contributed by atoms with Gasteiger partial charge in [0.2, 0.25) is 0 Å². The van der Waals surface area contributed by atoms with E-state index in [-0.39, 0.29) is 37.5 Å². The fourth-order valence-electron chi connectivity index (χ4n) is 4.56. The minimum absolute atomic E-state index is 0.00980. The van der Waals surface area contributed by atoms with Gasteiger partial charge in [-0.1, -0.05) is 60.7 Å². The standard InChI is InChI=1S/C34H35N5O6/c1-22-8-6-7-11-27(22)38-34(44)39-28-14-12-23(17-31(28)45-2)16-26(40)20-37-32-15-13-25(19-36-32)29(18-33(42)43)35-21-30(41)24-9-4-3-5-10-24/h3-15,17,19,29,35H,16,18,20-21H2,1-2H3,(H,36,37)(H,42,43)(H2,38,39,44). The molecule has 1 aromatic heterocycles. The number of carboxylic acid groups (broad SMARTS) is 1. The molecular weight excluding hydrogens is 574 g/mol. The Balaban J connectivity index is 1.29. The highest BCUT2D eigenvalue weighted by Crippen LogP contribution is 2.26. The molecule has 232 valence electrons. The van der Waals surface area contributed by atoms with Crippen LogP contribution in [0, 0.1) is 6.92 Å². The molecule has 0 spiro atoms. The Kier molecular flexibility index (Phi) is 11.4. The van der Waals surface area contributed by atoms with Crippen molar-refractivity contribution in [2.45, 2.75) is 25.8 Å². The molecule has 0 saturated heterocycles. The fourth-order valence-corrected chi connectivity index (χ4v) is 4.56. The van der Waals surface area contributed by atoms with E-state index in [1.165, 1.54) is 13.3 Å². The van der Waals surface area contributed by atoms with Crippen molar-refractivity contribution < 1.29 is 29.0 Å². The first-order valence-electron chi connectivity index (χ1n) is 14.3. The summed E-state index contributed by atoms with van der Waals surface area (Å²) in [5.41, 5.74) is 3.93. The number of rotatable bonds is 15. The lowest BCUT2D eigenvalue weighted by atomic mass is 10.0. The molecule has 2 amide bonds. The Bertz CT molecular complexity index is 1640. The van der Waals surface area contributed by atoms with Crippen LogP contribution in [0.25, 0.3) is 0 Å². The van der Waals surface area contributed by atoms with Gasteiger partial charge in [-0.25, -0.2) is 9.78 Å². The van der Waals surface area contributed by atoms with Crippen LogP contribution in [-0.2, 0) is 16.0 Å². The van der Waals surface area contributed by atoms with Crippen molar-refractivity contribution in [2.24, 2.45) is 0 Å². The summed E-state index contributed by atoms with van der Waals surface area (Å²) in [6.07, 6.45) is 1.41. The number of hydrogen-bond acceptors (Lipinski definition) is 8. The van der Waals surface area contributed by atoms with E-state index in [0.717, 1.165) is 5.56 Å². The third-order valence-corrected chi connectivity index (χ3v) is 6.95. The quantitative estimate of drug-likeness (QED) is 0.113. The highest BCUT2D eigenvalue weighted by atomic mass is 16.5. The molecular formula is C34H35N5O6. The monoisotopic (exact) mass is 609 g/mol. The number of para-hydroxylation sites is 1. The van der Waals surface area contributed by atoms with Crippen molar-refractivity contribution >= 4 is 40.8 Å². The number of carbonyl (C=O) groups is 4. The molecule has 0 aliphatic rings. The normalized spacial score (nSPS) is 11.2. The van der Waals surface area contributed by atoms with Gasteiger partial charge in [0, 0.05) is 29.9 Å². The molecule has 0 radical (unpaired) electrons. The highest BCUT2D eigenvalue weighted by molar-refractivity contribution is 6.01. The lowest BCUT2D eigenvalue weighted by molar-refractivity contribution is -0.137. The van der Waals surface area contributed by atoms with E-state index in [2.05, 4.69) is 26.3 Å². The van der Waals surface area contributed by atoms with E-state index < -0.39 is 18.0 Å². The second-order valence-corrected chi connectivity index (χ2v) is 10.3. The van der Waals surface area contributed by atoms with Gasteiger partial charge in [0.25, 0.3) is 0 Å². The molecule has 4 aromatic rings. The number of aromatic nitrogens is 1. The molecule has 1 atom stereocenters. The Morgan fingerprint density at radius 1 is 0.867 bits per heavy atom. The van der Waals surface area contributed by atoms with Crippen LogP contribution in [0.5, 0.6) is 5.75 Å². The van der Waals surface area contributed by atoms with Crippen molar-refractivity contribution in [3.05, 3.63) is 113 Å². The summed E-state index contributed by atoms with van der Waals surface area (Å²) < 4.78 is 5.44. The summed E-state index contributed by atoms with van der Waals surface area (Å²) in [6, 6.07) is 23.6. The minimum atomic E-state index is -1.02. The number of nitrogens with zero attached hydrogens (tertiary/aromatic N) is 1. The number of hydrogen-bond donors (Lipinski definition) is 5. The largest absolute Gasteiger partial charge is 0.495 e. The van der Waals surface area contributed by atoms with Crippen molar-refractivity contribution in [1.82, 2.24) is 10.3 Å². The van der Waals surface area contributed by atoms with Crippen molar-refractivity contribution in [3.63, 3.8) is 0 Å². The van der Waals surface area contributed by atoms with Crippen LogP contribution in [0.2, 0.25) is 0 Å². The SMILES string of the molecule is COc1cc(CC(=O)CNc2ccc(C(CC(=O)O)NCC(=O)c3ccccc3)cn2)ccc1NC(=O)Nc1ccccc1C. The first kappa shape index (κ1) is 32.4. The van der Waals surface area contributed by atoms with E-state index in [1.807, 2.05) is 37.3 Å². The van der Waals surface area contributed by atoms with Crippen LogP contribution in [0.3, 0.4) is 0 Å². The number of Topliss-reactive ketones (excluding diaryl/α,β-unsaturated/α-hetero) is 2. The summed E-state index contributed by atoms with van der Waals surface area (Å²) in [5, 5.41) is 21.0. The van der Waals surface area contributed by atoms with Gasteiger partial charge >= 0.3 is 12.0 Å². The number of anilines is 3. The number of aliphatic carboxylic acids is 1. The summed E-state index contributed by atoms with van der Waals surface area (Å²) in [4.78, 5) is 53.5. The van der Waals surface area contributed by atoms with Crippen molar-refractivity contribution in [3.8, 4) is 5.75 Å². The van der Waals surface area contributed by atoms with Crippen molar-refractivity contribution in [1.29, 1.82) is 0 Å². The van der Waals surface area contributed by atoms with Gasteiger partial charge in [0.15, 0.2) is 11.6 Å². The Hall–Kier alpha value is -5.55. The van der Waals surface area contributed by atoms with E-state index in [4.69, 9.17) is 4.74 Å². The first-order chi connectivity index (χ1) is 21.7. The number of methoxy groups -OCH3 is 1. The number of carbonyl (C=O) groups excluding carboxylic acids is 3. The molecule has 0 saturated carbocycles. The van der Waals surface area contributed by atoms with Crippen LogP contribution in [0.4, 0.5) is 22.0 Å². The van der Waals surface area contributed by atoms with Crippen LogP contribution in [-0.4, -0.2) is 53.9 Å². The maximum Gasteiger partial charge on any atom is 0.323 e. The molecule has 11 heteroatoms. The van der Waals surface area contributed by atoms with E-state index >= 15 is 0 Å².